The molecule has 0 aliphatic heterocycles. The number of aromatic nitrogens is 1. The van der Waals surface area contributed by atoms with E-state index in [1.54, 1.807) is 38.5 Å². The van der Waals surface area contributed by atoms with Gasteiger partial charge in [-0.1, -0.05) is 12.1 Å². The number of nitrogens with zero attached hydrogens (tertiary/aromatic N) is 1. The molecular formula is C27H31IN2O7. The Bertz CT molecular complexity index is 1160. The van der Waals surface area contributed by atoms with Gasteiger partial charge < -0.3 is 34.1 Å². The molecule has 1 heterocycles. The summed E-state index contributed by atoms with van der Waals surface area (Å²) in [5.74, 6) is 2.03. The number of nitrogens with one attached hydrogen (secondary N) is 1. The zero-order valence-corrected chi connectivity index (χ0v) is 23.4. The van der Waals surface area contributed by atoms with Crippen LogP contribution in [0, 0.1) is 10.6 Å². The van der Waals surface area contributed by atoms with Gasteiger partial charge in [-0.15, -0.1) is 0 Å². The number of carbonyl (C=O) groups excluding carboxylic acids is 1. The van der Waals surface area contributed by atoms with Crippen molar-refractivity contribution in [3.8, 4) is 23.0 Å². The maximum atomic E-state index is 12.7. The molecule has 0 radical (unpaired) electrons. The molecule has 1 amide bonds. The molecule has 3 aromatic rings. The highest BCUT2D eigenvalue weighted by Gasteiger charge is 2.17. The van der Waals surface area contributed by atoms with Gasteiger partial charge in [-0.25, -0.2) is 4.98 Å². The van der Waals surface area contributed by atoms with E-state index in [1.165, 1.54) is 7.11 Å². The summed E-state index contributed by atoms with van der Waals surface area (Å²) >= 11 is 2.05. The number of halogens is 1. The first kappa shape index (κ1) is 28.5. The van der Waals surface area contributed by atoms with Crippen LogP contribution in [-0.2, 0) is 11.3 Å². The highest BCUT2D eigenvalue weighted by Crippen LogP contribution is 2.29. The van der Waals surface area contributed by atoms with Gasteiger partial charge in [0.15, 0.2) is 17.2 Å². The van der Waals surface area contributed by atoms with Gasteiger partial charge >= 0.3 is 0 Å². The van der Waals surface area contributed by atoms with E-state index < -0.39 is 6.10 Å². The molecule has 1 atom stereocenters. The molecule has 37 heavy (non-hydrogen) atoms. The number of rotatable bonds is 13. The molecule has 0 spiro atoms. The molecule has 1 unspecified atom stereocenters. The number of pyridine rings is 1. The highest BCUT2D eigenvalue weighted by molar-refractivity contribution is 14.1. The van der Waals surface area contributed by atoms with Crippen LogP contribution in [0.25, 0.3) is 0 Å². The van der Waals surface area contributed by atoms with Crippen molar-refractivity contribution in [3.63, 3.8) is 0 Å². The summed E-state index contributed by atoms with van der Waals surface area (Å²) in [6.07, 6.45) is -0.968. The molecule has 0 saturated carbocycles. The van der Waals surface area contributed by atoms with E-state index in [4.69, 9.17) is 23.7 Å². The number of ether oxygens (including phenoxy) is 5. The van der Waals surface area contributed by atoms with Crippen LogP contribution in [0.3, 0.4) is 0 Å². The molecule has 2 aromatic carbocycles. The third kappa shape index (κ3) is 7.94. The van der Waals surface area contributed by atoms with E-state index in [1.807, 2.05) is 31.2 Å². The number of hydrogen-bond donors (Lipinski definition) is 2. The zero-order chi connectivity index (χ0) is 26.8. The van der Waals surface area contributed by atoms with Gasteiger partial charge in [0.25, 0.3) is 5.91 Å². The minimum absolute atomic E-state index is 0.000215. The maximum Gasteiger partial charge on any atom is 0.251 e. The molecule has 0 bridgehead atoms. The lowest BCUT2D eigenvalue weighted by Crippen LogP contribution is -2.28. The second-order valence-electron chi connectivity index (χ2n) is 8.03. The van der Waals surface area contributed by atoms with Crippen LogP contribution < -0.4 is 24.3 Å². The average molecular weight is 622 g/mol. The van der Waals surface area contributed by atoms with Crippen molar-refractivity contribution < 1.29 is 33.6 Å². The lowest BCUT2D eigenvalue weighted by atomic mass is 10.1. The van der Waals surface area contributed by atoms with Gasteiger partial charge in [-0.05, 0) is 77.0 Å². The molecule has 10 heteroatoms. The lowest BCUT2D eigenvalue weighted by molar-refractivity contribution is 0.0877. The summed E-state index contributed by atoms with van der Waals surface area (Å²) in [5.41, 5.74) is 2.72. The number of benzene rings is 2. The van der Waals surface area contributed by atoms with E-state index in [2.05, 4.69) is 32.9 Å². The number of methoxy groups -OCH3 is 3. The highest BCUT2D eigenvalue weighted by atomic mass is 127. The van der Waals surface area contributed by atoms with E-state index in [0.717, 1.165) is 16.9 Å². The number of carbonyl (C=O) groups is 1. The summed E-state index contributed by atoms with van der Waals surface area (Å²) in [5, 5.41) is 13.3. The Kier molecular flexibility index (Phi) is 10.8. The molecule has 3 rings (SSSR count). The van der Waals surface area contributed by atoms with Gasteiger partial charge in [0, 0.05) is 12.1 Å². The molecule has 9 nitrogen and oxygen atoms in total. The summed E-state index contributed by atoms with van der Waals surface area (Å²) in [6, 6.07) is 14.3. The van der Waals surface area contributed by atoms with Crippen LogP contribution in [0.1, 0.15) is 33.3 Å². The Hall–Kier alpha value is -3.09. The topological polar surface area (TPSA) is 108 Å². The monoisotopic (exact) mass is 622 g/mol. The Balaban J connectivity index is 1.49. The van der Waals surface area contributed by atoms with Gasteiger partial charge in [0.1, 0.15) is 22.2 Å². The molecule has 2 N–H and O–H groups in total. The fourth-order valence-electron chi connectivity index (χ4n) is 3.51. The first-order chi connectivity index (χ1) is 17.9. The normalized spacial score (nSPS) is 11.5. The SMILES string of the molecule is COc1ccc(COCCOc2ccc(C(=O)NCC(O)c3cc(C)c(OC)c(I)n3)cc2OC)cc1. The molecule has 0 aliphatic carbocycles. The van der Waals surface area contributed by atoms with Crippen LogP contribution in [0.4, 0.5) is 0 Å². The molecule has 0 saturated heterocycles. The Morgan fingerprint density at radius 3 is 2.41 bits per heavy atom. The fourth-order valence-corrected chi connectivity index (χ4v) is 4.43. The first-order valence-corrected chi connectivity index (χ1v) is 12.6. The zero-order valence-electron chi connectivity index (χ0n) is 21.2. The summed E-state index contributed by atoms with van der Waals surface area (Å²) in [4.78, 5) is 17.0. The summed E-state index contributed by atoms with van der Waals surface area (Å²) in [7, 11) is 4.71. The molecule has 0 aliphatic rings. The predicted molar refractivity (Wildman–Crippen MR) is 147 cm³/mol. The van der Waals surface area contributed by atoms with E-state index >= 15 is 0 Å². The summed E-state index contributed by atoms with van der Waals surface area (Å²) < 4.78 is 27.9. The standard InChI is InChI=1S/C27H31IN2O7/c1-17-13-21(30-26(28)25(17)35-4)22(31)15-29-27(32)19-7-10-23(24(14-19)34-3)37-12-11-36-16-18-5-8-20(33-2)9-6-18/h5-10,13-14,22,31H,11-12,15-16H2,1-4H3,(H,29,32). The fraction of sp³-hybridized carbons (Fsp3) is 0.333. The quantitative estimate of drug-likeness (QED) is 0.167. The first-order valence-electron chi connectivity index (χ1n) is 11.5. The van der Waals surface area contributed by atoms with Crippen LogP contribution in [-0.4, -0.2) is 57.1 Å². The maximum absolute atomic E-state index is 12.7. The van der Waals surface area contributed by atoms with Crippen LogP contribution in [0.2, 0.25) is 0 Å². The second kappa shape index (κ2) is 14.0. The van der Waals surface area contributed by atoms with Crippen molar-refractivity contribution in [1.82, 2.24) is 10.3 Å². The molecule has 0 fully saturated rings. The largest absolute Gasteiger partial charge is 0.497 e. The summed E-state index contributed by atoms with van der Waals surface area (Å²) in [6.45, 7) is 3.03. The van der Waals surface area contributed by atoms with Crippen LogP contribution >= 0.6 is 22.6 Å². The van der Waals surface area contributed by atoms with E-state index in [-0.39, 0.29) is 12.5 Å². The van der Waals surface area contributed by atoms with Crippen molar-refractivity contribution >= 4 is 28.5 Å². The third-order valence-corrected chi connectivity index (χ3v) is 6.21. The third-order valence-electron chi connectivity index (χ3n) is 5.48. The minimum Gasteiger partial charge on any atom is -0.497 e. The minimum atomic E-state index is -0.968. The number of aliphatic hydroxyl groups is 1. The Morgan fingerprint density at radius 2 is 1.76 bits per heavy atom. The van der Waals surface area contributed by atoms with Crippen molar-refractivity contribution in [2.75, 3.05) is 41.1 Å². The number of aryl methyl sites for hydroxylation is 1. The van der Waals surface area contributed by atoms with Gasteiger partial charge in [0.05, 0.1) is 40.2 Å². The smallest absolute Gasteiger partial charge is 0.251 e. The van der Waals surface area contributed by atoms with Crippen LogP contribution in [0.15, 0.2) is 48.5 Å². The van der Waals surface area contributed by atoms with Crippen molar-refractivity contribution in [2.24, 2.45) is 0 Å². The number of hydrogen-bond acceptors (Lipinski definition) is 8. The van der Waals surface area contributed by atoms with Gasteiger partial charge in [-0.2, -0.15) is 0 Å². The van der Waals surface area contributed by atoms with Gasteiger partial charge in [0.2, 0.25) is 0 Å². The van der Waals surface area contributed by atoms with Gasteiger partial charge in [-0.3, -0.25) is 4.79 Å². The second-order valence-corrected chi connectivity index (χ2v) is 9.05. The molecular weight excluding hydrogens is 591 g/mol. The average Bonchev–Trinajstić information content (AvgIpc) is 2.91. The molecule has 1 aromatic heterocycles. The van der Waals surface area contributed by atoms with Crippen molar-refractivity contribution in [2.45, 2.75) is 19.6 Å². The van der Waals surface area contributed by atoms with E-state index in [9.17, 15) is 9.90 Å². The van der Waals surface area contributed by atoms with Crippen LogP contribution in [0.5, 0.6) is 23.0 Å². The Morgan fingerprint density at radius 1 is 1.00 bits per heavy atom. The number of aliphatic hydroxyl groups excluding tert-OH is 1. The predicted octanol–water partition coefficient (Wildman–Crippen LogP) is 4.08. The lowest BCUT2D eigenvalue weighted by Gasteiger charge is -2.15. The van der Waals surface area contributed by atoms with Crippen molar-refractivity contribution in [1.29, 1.82) is 0 Å². The van der Waals surface area contributed by atoms with E-state index in [0.29, 0.717) is 52.0 Å². The number of amides is 1. The molecule has 198 valence electrons. The van der Waals surface area contributed by atoms with Crippen molar-refractivity contribution in [3.05, 3.63) is 74.6 Å². The Labute approximate surface area is 230 Å².